The molecular weight excluding hydrogens is 312 g/mol. The molecule has 1 aromatic carbocycles. The minimum Gasteiger partial charge on any atom is -0.381 e. The molecule has 2 aromatic heterocycles. The molecular formula is C20H24N4O. The standard InChI is InChI=1S/C20H24N4O/c1-25-19-6-2-14(3-7-19)10-21-20-9-17-8-15(18-12-23-24-13-18)4-5-16(17)11-22-20/h4-5,8-9,11-14,19H,2-3,6-7,10H2,1H3,(H,21,22)(H,23,24)/t14-,19-. The van der Waals surface area contributed by atoms with E-state index in [-0.39, 0.29) is 0 Å². The summed E-state index contributed by atoms with van der Waals surface area (Å²) in [6, 6.07) is 8.55. The largest absolute Gasteiger partial charge is 0.381 e. The van der Waals surface area contributed by atoms with Crippen molar-refractivity contribution in [3.63, 3.8) is 0 Å². The number of hydrogen-bond acceptors (Lipinski definition) is 4. The summed E-state index contributed by atoms with van der Waals surface area (Å²) in [5.41, 5.74) is 2.26. The van der Waals surface area contributed by atoms with E-state index >= 15 is 0 Å². The fourth-order valence-electron chi connectivity index (χ4n) is 3.65. The SMILES string of the molecule is CO[C@H]1CC[C@H](CNc2cc3cc(-c4cn[nH]c4)ccc3cn2)CC1. The van der Waals surface area contributed by atoms with Crippen LogP contribution in [-0.2, 0) is 4.74 Å². The molecule has 0 amide bonds. The number of fused-ring (bicyclic) bond motifs is 1. The van der Waals surface area contributed by atoms with E-state index in [0.717, 1.165) is 28.9 Å². The molecule has 0 radical (unpaired) electrons. The van der Waals surface area contributed by atoms with Gasteiger partial charge in [-0.15, -0.1) is 0 Å². The van der Waals surface area contributed by atoms with E-state index < -0.39 is 0 Å². The number of aromatic nitrogens is 3. The van der Waals surface area contributed by atoms with Crippen LogP contribution in [0.5, 0.6) is 0 Å². The maximum absolute atomic E-state index is 5.45. The lowest BCUT2D eigenvalue weighted by molar-refractivity contribution is 0.0585. The van der Waals surface area contributed by atoms with Crippen LogP contribution < -0.4 is 5.32 Å². The first-order valence-corrected chi connectivity index (χ1v) is 8.97. The Morgan fingerprint density at radius 3 is 2.72 bits per heavy atom. The van der Waals surface area contributed by atoms with Crippen LogP contribution in [0, 0.1) is 5.92 Å². The Morgan fingerprint density at radius 1 is 1.08 bits per heavy atom. The number of aromatic amines is 1. The third-order valence-corrected chi connectivity index (χ3v) is 5.25. The van der Waals surface area contributed by atoms with Crippen LogP contribution in [0.15, 0.2) is 42.9 Å². The summed E-state index contributed by atoms with van der Waals surface area (Å²) in [7, 11) is 1.82. The summed E-state index contributed by atoms with van der Waals surface area (Å²) in [4.78, 5) is 4.56. The Bertz CT molecular complexity index is 823. The van der Waals surface area contributed by atoms with Gasteiger partial charge in [0.05, 0.1) is 12.3 Å². The minimum absolute atomic E-state index is 0.455. The van der Waals surface area contributed by atoms with Gasteiger partial charge in [0.2, 0.25) is 0 Å². The number of nitrogens with zero attached hydrogens (tertiary/aromatic N) is 2. The highest BCUT2D eigenvalue weighted by molar-refractivity contribution is 5.88. The van der Waals surface area contributed by atoms with Crippen LogP contribution in [0.3, 0.4) is 0 Å². The quantitative estimate of drug-likeness (QED) is 0.731. The number of nitrogens with one attached hydrogen (secondary N) is 2. The highest BCUT2D eigenvalue weighted by Gasteiger charge is 2.20. The first-order chi connectivity index (χ1) is 12.3. The summed E-state index contributed by atoms with van der Waals surface area (Å²) in [6.07, 6.45) is 10.9. The number of rotatable bonds is 5. The number of methoxy groups -OCH3 is 1. The van der Waals surface area contributed by atoms with Crippen LogP contribution in [0.1, 0.15) is 25.7 Å². The summed E-state index contributed by atoms with van der Waals surface area (Å²) >= 11 is 0. The maximum Gasteiger partial charge on any atom is 0.126 e. The maximum atomic E-state index is 5.45. The number of pyridine rings is 1. The molecule has 5 heteroatoms. The zero-order chi connectivity index (χ0) is 17.1. The molecule has 2 heterocycles. The van der Waals surface area contributed by atoms with Gasteiger partial charge in [-0.25, -0.2) is 4.98 Å². The normalized spacial score (nSPS) is 20.7. The predicted octanol–water partition coefficient (Wildman–Crippen LogP) is 4.24. The smallest absolute Gasteiger partial charge is 0.126 e. The van der Waals surface area contributed by atoms with Crippen molar-refractivity contribution in [1.82, 2.24) is 15.2 Å². The zero-order valence-corrected chi connectivity index (χ0v) is 14.5. The van der Waals surface area contributed by atoms with E-state index in [9.17, 15) is 0 Å². The minimum atomic E-state index is 0.455. The fourth-order valence-corrected chi connectivity index (χ4v) is 3.65. The van der Waals surface area contributed by atoms with Gasteiger partial charge in [0.1, 0.15) is 5.82 Å². The van der Waals surface area contributed by atoms with Gasteiger partial charge in [-0.05, 0) is 54.7 Å². The van der Waals surface area contributed by atoms with Crippen molar-refractivity contribution in [2.45, 2.75) is 31.8 Å². The second kappa shape index (κ2) is 7.23. The monoisotopic (exact) mass is 336 g/mol. The Balaban J connectivity index is 1.45. The predicted molar refractivity (Wildman–Crippen MR) is 101 cm³/mol. The van der Waals surface area contributed by atoms with E-state index in [4.69, 9.17) is 4.74 Å². The lowest BCUT2D eigenvalue weighted by atomic mass is 9.87. The Kier molecular flexibility index (Phi) is 4.65. The molecule has 2 N–H and O–H groups in total. The second-order valence-corrected chi connectivity index (χ2v) is 6.88. The molecule has 0 aliphatic heterocycles. The number of ether oxygens (including phenoxy) is 1. The molecule has 0 unspecified atom stereocenters. The zero-order valence-electron chi connectivity index (χ0n) is 14.5. The number of benzene rings is 1. The highest BCUT2D eigenvalue weighted by atomic mass is 16.5. The Hall–Kier alpha value is -2.40. The molecule has 0 spiro atoms. The molecule has 1 aliphatic rings. The van der Waals surface area contributed by atoms with Crippen LogP contribution in [0.4, 0.5) is 5.82 Å². The molecule has 0 atom stereocenters. The molecule has 4 rings (SSSR count). The van der Waals surface area contributed by atoms with Crippen molar-refractivity contribution in [2.75, 3.05) is 19.0 Å². The van der Waals surface area contributed by atoms with Gasteiger partial charge in [0, 0.05) is 37.0 Å². The summed E-state index contributed by atoms with van der Waals surface area (Å²) in [6.45, 7) is 0.983. The van der Waals surface area contributed by atoms with Gasteiger partial charge in [-0.2, -0.15) is 5.10 Å². The molecule has 1 fully saturated rings. The lowest BCUT2D eigenvalue weighted by Crippen LogP contribution is -2.25. The van der Waals surface area contributed by atoms with Crippen molar-refractivity contribution in [3.8, 4) is 11.1 Å². The average Bonchev–Trinajstić information content (AvgIpc) is 3.21. The molecule has 5 nitrogen and oxygen atoms in total. The fraction of sp³-hybridized carbons (Fsp3) is 0.400. The van der Waals surface area contributed by atoms with Crippen molar-refractivity contribution < 1.29 is 4.74 Å². The first-order valence-electron chi connectivity index (χ1n) is 8.97. The van der Waals surface area contributed by atoms with Crippen LogP contribution in [-0.4, -0.2) is 34.9 Å². The molecule has 1 aliphatic carbocycles. The number of anilines is 1. The number of H-pyrrole nitrogens is 1. The molecule has 0 bridgehead atoms. The highest BCUT2D eigenvalue weighted by Crippen LogP contribution is 2.27. The average molecular weight is 336 g/mol. The first kappa shape index (κ1) is 16.1. The van der Waals surface area contributed by atoms with Gasteiger partial charge < -0.3 is 10.1 Å². The van der Waals surface area contributed by atoms with Gasteiger partial charge in [-0.1, -0.05) is 12.1 Å². The van der Waals surface area contributed by atoms with Crippen LogP contribution in [0.25, 0.3) is 21.9 Å². The lowest BCUT2D eigenvalue weighted by Gasteiger charge is -2.27. The molecule has 130 valence electrons. The van der Waals surface area contributed by atoms with E-state index in [2.05, 4.69) is 44.8 Å². The molecule has 1 saturated carbocycles. The van der Waals surface area contributed by atoms with E-state index in [1.807, 2.05) is 25.7 Å². The van der Waals surface area contributed by atoms with Crippen molar-refractivity contribution in [1.29, 1.82) is 0 Å². The van der Waals surface area contributed by atoms with Crippen LogP contribution in [0.2, 0.25) is 0 Å². The second-order valence-electron chi connectivity index (χ2n) is 6.88. The third-order valence-electron chi connectivity index (χ3n) is 5.25. The van der Waals surface area contributed by atoms with Gasteiger partial charge in [-0.3, -0.25) is 5.10 Å². The van der Waals surface area contributed by atoms with E-state index in [1.54, 1.807) is 0 Å². The third kappa shape index (κ3) is 3.66. The van der Waals surface area contributed by atoms with Crippen LogP contribution >= 0.6 is 0 Å². The summed E-state index contributed by atoms with van der Waals surface area (Å²) < 4.78 is 5.45. The molecule has 3 aromatic rings. The van der Waals surface area contributed by atoms with Crippen molar-refractivity contribution in [2.24, 2.45) is 5.92 Å². The Morgan fingerprint density at radius 2 is 1.96 bits per heavy atom. The summed E-state index contributed by atoms with van der Waals surface area (Å²) in [5, 5.41) is 12.8. The molecule has 25 heavy (non-hydrogen) atoms. The van der Waals surface area contributed by atoms with Crippen molar-refractivity contribution in [3.05, 3.63) is 42.9 Å². The molecule has 0 saturated heterocycles. The van der Waals surface area contributed by atoms with E-state index in [1.165, 1.54) is 31.1 Å². The van der Waals surface area contributed by atoms with Gasteiger partial charge in [0.25, 0.3) is 0 Å². The topological polar surface area (TPSA) is 62.8 Å². The van der Waals surface area contributed by atoms with E-state index in [0.29, 0.717) is 12.0 Å². The van der Waals surface area contributed by atoms with Crippen molar-refractivity contribution >= 4 is 16.6 Å². The van der Waals surface area contributed by atoms with Gasteiger partial charge in [0.15, 0.2) is 0 Å². The van der Waals surface area contributed by atoms with Gasteiger partial charge >= 0.3 is 0 Å². The summed E-state index contributed by atoms with van der Waals surface area (Å²) in [5.74, 6) is 1.66. The Labute approximate surface area is 147 Å². The number of hydrogen-bond donors (Lipinski definition) is 2.